The van der Waals surface area contributed by atoms with E-state index >= 15 is 0 Å². The summed E-state index contributed by atoms with van der Waals surface area (Å²) in [4.78, 5) is 23.9. The summed E-state index contributed by atoms with van der Waals surface area (Å²) in [6.07, 6.45) is 2.47. The highest BCUT2D eigenvalue weighted by Crippen LogP contribution is 2.33. The second-order valence-corrected chi connectivity index (χ2v) is 4.85. The Hall–Kier alpha value is -2.30. The van der Waals surface area contributed by atoms with Gasteiger partial charge in [-0.2, -0.15) is 0 Å². The Kier molecular flexibility index (Phi) is 4.40. The van der Waals surface area contributed by atoms with Gasteiger partial charge >= 0.3 is 12.0 Å². The second kappa shape index (κ2) is 6.23. The smallest absolute Gasteiger partial charge is 0.323 e. The molecule has 2 amide bonds. The first-order valence-corrected chi connectivity index (χ1v) is 6.55. The van der Waals surface area contributed by atoms with Gasteiger partial charge in [-0.05, 0) is 17.5 Å². The molecule has 0 spiro atoms. The molecule has 0 bridgehead atoms. The van der Waals surface area contributed by atoms with Crippen LogP contribution < -0.4 is 5.32 Å². The Morgan fingerprint density at radius 3 is 2.85 bits per heavy atom. The average molecular weight is 274 g/mol. The van der Waals surface area contributed by atoms with E-state index in [0.29, 0.717) is 12.5 Å². The molecule has 106 valence electrons. The van der Waals surface area contributed by atoms with Crippen LogP contribution in [-0.2, 0) is 11.2 Å². The van der Waals surface area contributed by atoms with Gasteiger partial charge in [0.1, 0.15) is 6.54 Å². The summed E-state index contributed by atoms with van der Waals surface area (Å²) in [5.41, 5.74) is 2.58. The van der Waals surface area contributed by atoms with E-state index in [1.807, 2.05) is 12.1 Å². The molecule has 5 nitrogen and oxygen atoms in total. The maximum atomic E-state index is 11.9. The van der Waals surface area contributed by atoms with E-state index in [9.17, 15) is 9.59 Å². The Labute approximate surface area is 117 Å². The summed E-state index contributed by atoms with van der Waals surface area (Å²) in [7, 11) is 0. The first-order chi connectivity index (χ1) is 9.61. The lowest BCUT2D eigenvalue weighted by Gasteiger charge is -2.31. The molecule has 0 heterocycles. The molecule has 1 unspecified atom stereocenters. The largest absolute Gasteiger partial charge is 0.480 e. The first kappa shape index (κ1) is 14.1. The summed E-state index contributed by atoms with van der Waals surface area (Å²) < 4.78 is 0. The fourth-order valence-corrected chi connectivity index (χ4v) is 2.41. The molecule has 0 saturated heterocycles. The maximum Gasteiger partial charge on any atom is 0.323 e. The van der Waals surface area contributed by atoms with Crippen LogP contribution >= 0.6 is 0 Å². The number of fused-ring (bicyclic) bond motifs is 1. The Balaban J connectivity index is 1.86. The molecular weight excluding hydrogens is 256 g/mol. The number of hydrogen-bond donors (Lipinski definition) is 2. The van der Waals surface area contributed by atoms with Crippen LogP contribution in [0.25, 0.3) is 0 Å². The standard InChI is InChI=1S/C15H18N2O3/c1-2-7-17(10-14(18)19)15(20)16-9-12-8-11-5-3-4-6-13(11)12/h2-6,12H,1,7-10H2,(H,16,20)(H,18,19). The van der Waals surface area contributed by atoms with Gasteiger partial charge < -0.3 is 15.3 Å². The van der Waals surface area contributed by atoms with Crippen molar-refractivity contribution in [3.05, 3.63) is 48.0 Å². The van der Waals surface area contributed by atoms with E-state index in [-0.39, 0.29) is 19.1 Å². The van der Waals surface area contributed by atoms with Gasteiger partial charge in [-0.1, -0.05) is 30.3 Å². The Morgan fingerprint density at radius 1 is 1.45 bits per heavy atom. The number of aliphatic carboxylic acids is 1. The van der Waals surface area contributed by atoms with Crippen molar-refractivity contribution in [3.8, 4) is 0 Å². The van der Waals surface area contributed by atoms with Crippen molar-refractivity contribution in [3.63, 3.8) is 0 Å². The van der Waals surface area contributed by atoms with Gasteiger partial charge in [-0.25, -0.2) is 4.79 Å². The van der Waals surface area contributed by atoms with Crippen molar-refractivity contribution in [1.82, 2.24) is 10.2 Å². The van der Waals surface area contributed by atoms with Crippen molar-refractivity contribution in [2.45, 2.75) is 12.3 Å². The van der Waals surface area contributed by atoms with Gasteiger partial charge in [-0.3, -0.25) is 4.79 Å². The molecule has 1 atom stereocenters. The Morgan fingerprint density at radius 2 is 2.20 bits per heavy atom. The molecule has 1 aromatic carbocycles. The fourth-order valence-electron chi connectivity index (χ4n) is 2.41. The summed E-state index contributed by atoms with van der Waals surface area (Å²) in [6.45, 7) is 3.96. The third kappa shape index (κ3) is 3.17. The molecule has 0 radical (unpaired) electrons. The summed E-state index contributed by atoms with van der Waals surface area (Å²) in [6, 6.07) is 7.78. The topological polar surface area (TPSA) is 69.6 Å². The molecule has 0 saturated carbocycles. The van der Waals surface area contributed by atoms with Crippen molar-refractivity contribution < 1.29 is 14.7 Å². The maximum absolute atomic E-state index is 11.9. The van der Waals surface area contributed by atoms with Crippen LogP contribution in [0.2, 0.25) is 0 Å². The minimum absolute atomic E-state index is 0.222. The van der Waals surface area contributed by atoms with E-state index < -0.39 is 5.97 Å². The lowest BCUT2D eigenvalue weighted by atomic mass is 9.78. The zero-order valence-corrected chi connectivity index (χ0v) is 11.2. The van der Waals surface area contributed by atoms with Gasteiger partial charge in [0.25, 0.3) is 0 Å². The zero-order valence-electron chi connectivity index (χ0n) is 11.2. The number of carboxylic acids is 1. The number of carbonyl (C=O) groups is 2. The second-order valence-electron chi connectivity index (χ2n) is 4.85. The lowest BCUT2D eigenvalue weighted by Crippen LogP contribution is -2.45. The molecule has 2 rings (SSSR count). The number of amides is 2. The summed E-state index contributed by atoms with van der Waals surface area (Å²) in [5.74, 6) is -0.707. The molecule has 5 heteroatoms. The molecule has 20 heavy (non-hydrogen) atoms. The van der Waals surface area contributed by atoms with E-state index in [4.69, 9.17) is 5.11 Å². The van der Waals surface area contributed by atoms with Crippen LogP contribution in [0.5, 0.6) is 0 Å². The number of urea groups is 1. The lowest BCUT2D eigenvalue weighted by molar-refractivity contribution is -0.137. The average Bonchev–Trinajstić information content (AvgIpc) is 2.38. The highest BCUT2D eigenvalue weighted by Gasteiger charge is 2.26. The van der Waals surface area contributed by atoms with Gasteiger partial charge in [0.15, 0.2) is 0 Å². The predicted molar refractivity (Wildman–Crippen MR) is 75.7 cm³/mol. The number of nitrogens with zero attached hydrogens (tertiary/aromatic N) is 1. The first-order valence-electron chi connectivity index (χ1n) is 6.55. The predicted octanol–water partition coefficient (Wildman–Crippen LogP) is 1.61. The number of hydrogen-bond acceptors (Lipinski definition) is 2. The fraction of sp³-hybridized carbons (Fsp3) is 0.333. The van der Waals surface area contributed by atoms with Gasteiger partial charge in [0, 0.05) is 19.0 Å². The highest BCUT2D eigenvalue weighted by molar-refractivity contribution is 5.80. The SMILES string of the molecule is C=CCN(CC(=O)O)C(=O)NCC1Cc2ccccc21. The zero-order chi connectivity index (χ0) is 14.5. The van der Waals surface area contributed by atoms with Crippen LogP contribution in [0.4, 0.5) is 4.79 Å². The normalized spacial score (nSPS) is 15.7. The summed E-state index contributed by atoms with van der Waals surface area (Å²) >= 11 is 0. The minimum Gasteiger partial charge on any atom is -0.480 e. The van der Waals surface area contributed by atoms with Crippen LogP contribution in [0.15, 0.2) is 36.9 Å². The molecule has 2 N–H and O–H groups in total. The van der Waals surface area contributed by atoms with Crippen molar-refractivity contribution in [1.29, 1.82) is 0 Å². The number of carbonyl (C=O) groups excluding carboxylic acids is 1. The third-order valence-electron chi connectivity index (χ3n) is 3.42. The van der Waals surface area contributed by atoms with E-state index in [1.54, 1.807) is 0 Å². The minimum atomic E-state index is -1.03. The molecule has 0 aliphatic heterocycles. The van der Waals surface area contributed by atoms with Gasteiger partial charge in [0.2, 0.25) is 0 Å². The summed E-state index contributed by atoms with van der Waals surface area (Å²) in [5, 5.41) is 11.6. The molecule has 0 fully saturated rings. The van der Waals surface area contributed by atoms with E-state index in [2.05, 4.69) is 24.0 Å². The van der Waals surface area contributed by atoms with Crippen LogP contribution in [0, 0.1) is 0 Å². The van der Waals surface area contributed by atoms with Crippen LogP contribution in [0.1, 0.15) is 17.0 Å². The van der Waals surface area contributed by atoms with Gasteiger partial charge in [0.05, 0.1) is 0 Å². The Bertz CT molecular complexity index is 528. The number of nitrogens with one attached hydrogen (secondary N) is 1. The number of benzene rings is 1. The third-order valence-corrected chi connectivity index (χ3v) is 3.42. The molecule has 1 aliphatic rings. The molecular formula is C15H18N2O3. The number of rotatable bonds is 6. The van der Waals surface area contributed by atoms with Crippen LogP contribution in [-0.4, -0.2) is 41.6 Å². The van der Waals surface area contributed by atoms with Crippen LogP contribution in [0.3, 0.4) is 0 Å². The number of carboxylic acid groups (broad SMARTS) is 1. The van der Waals surface area contributed by atoms with Crippen molar-refractivity contribution in [2.24, 2.45) is 0 Å². The highest BCUT2D eigenvalue weighted by atomic mass is 16.4. The monoisotopic (exact) mass is 274 g/mol. The quantitative estimate of drug-likeness (QED) is 0.774. The molecule has 1 aliphatic carbocycles. The van der Waals surface area contributed by atoms with Crippen molar-refractivity contribution in [2.75, 3.05) is 19.6 Å². The van der Waals surface area contributed by atoms with E-state index in [1.165, 1.54) is 22.1 Å². The van der Waals surface area contributed by atoms with E-state index in [0.717, 1.165) is 6.42 Å². The van der Waals surface area contributed by atoms with Crippen molar-refractivity contribution >= 4 is 12.0 Å². The molecule has 1 aromatic rings. The van der Waals surface area contributed by atoms with Gasteiger partial charge in [-0.15, -0.1) is 6.58 Å². The molecule has 0 aromatic heterocycles.